The zero-order valence-corrected chi connectivity index (χ0v) is 15.7. The Balaban J connectivity index is 2.84. The predicted molar refractivity (Wildman–Crippen MR) is 93.1 cm³/mol. The number of aliphatic hydroxyl groups is 1. The van der Waals surface area contributed by atoms with Gasteiger partial charge < -0.3 is 9.53 Å². The number of hydrogen-bond acceptors (Lipinski definition) is 2. The van der Waals surface area contributed by atoms with E-state index in [2.05, 4.69) is 48.5 Å². The van der Waals surface area contributed by atoms with Crippen molar-refractivity contribution in [2.45, 2.75) is 71.2 Å². The van der Waals surface area contributed by atoms with E-state index in [4.69, 9.17) is 4.43 Å². The van der Waals surface area contributed by atoms with Crippen LogP contribution in [-0.2, 0) is 4.43 Å². The first-order chi connectivity index (χ1) is 9.71. The summed E-state index contributed by atoms with van der Waals surface area (Å²) in [4.78, 5) is 0. The third kappa shape index (κ3) is 4.18. The van der Waals surface area contributed by atoms with Crippen molar-refractivity contribution in [1.29, 1.82) is 0 Å². The molecule has 0 aliphatic carbocycles. The van der Waals surface area contributed by atoms with Gasteiger partial charge in [-0.15, -0.1) is 0 Å². The molecule has 0 saturated carbocycles. The molecule has 0 radical (unpaired) electrons. The molecule has 0 fully saturated rings. The Kier molecular flexibility index (Phi) is 6.63. The van der Waals surface area contributed by atoms with Crippen LogP contribution in [0.2, 0.25) is 16.6 Å². The second-order valence-electron chi connectivity index (χ2n) is 7.06. The maximum atomic E-state index is 10.4. The van der Waals surface area contributed by atoms with Gasteiger partial charge in [-0.2, -0.15) is 0 Å². The summed E-state index contributed by atoms with van der Waals surface area (Å²) in [6, 6.07) is 8.06. The van der Waals surface area contributed by atoms with Gasteiger partial charge in [0.05, 0.1) is 6.61 Å². The minimum atomic E-state index is -1.89. The molecule has 1 aromatic rings. The van der Waals surface area contributed by atoms with Crippen molar-refractivity contribution in [3.05, 3.63) is 35.4 Å². The first-order valence-electron chi connectivity index (χ1n) is 8.10. The van der Waals surface area contributed by atoms with E-state index in [1.54, 1.807) is 0 Å². The monoisotopic (exact) mass is 308 g/mol. The van der Waals surface area contributed by atoms with E-state index in [-0.39, 0.29) is 0 Å². The number of aryl methyl sites for hydroxylation is 1. The summed E-state index contributed by atoms with van der Waals surface area (Å²) in [5, 5.41) is 10.4. The van der Waals surface area contributed by atoms with E-state index in [0.717, 1.165) is 5.56 Å². The fourth-order valence-corrected chi connectivity index (χ4v) is 9.05. The van der Waals surface area contributed by atoms with E-state index in [1.165, 1.54) is 5.56 Å². The lowest BCUT2D eigenvalue weighted by molar-refractivity contribution is 0.0978. The van der Waals surface area contributed by atoms with Crippen molar-refractivity contribution < 1.29 is 9.53 Å². The smallest absolute Gasteiger partial charge is 0.200 e. The third-order valence-corrected chi connectivity index (χ3v) is 10.7. The molecule has 0 heterocycles. The van der Waals surface area contributed by atoms with Gasteiger partial charge in [0.25, 0.3) is 0 Å². The van der Waals surface area contributed by atoms with Gasteiger partial charge in [0.15, 0.2) is 8.32 Å². The first-order valence-corrected chi connectivity index (χ1v) is 10.2. The van der Waals surface area contributed by atoms with E-state index >= 15 is 0 Å². The molecule has 1 aromatic carbocycles. The Labute approximate surface area is 131 Å². The molecule has 0 unspecified atom stereocenters. The van der Waals surface area contributed by atoms with Crippen LogP contribution in [0.15, 0.2) is 24.3 Å². The summed E-state index contributed by atoms with van der Waals surface area (Å²) in [5.41, 5.74) is 3.79. The summed E-state index contributed by atoms with van der Waals surface area (Å²) in [5.74, 6) is 0. The van der Waals surface area contributed by atoms with E-state index in [1.807, 2.05) is 24.3 Å². The lowest BCUT2D eigenvalue weighted by Crippen LogP contribution is -2.48. The third-order valence-electron chi connectivity index (χ3n) is 4.66. The van der Waals surface area contributed by atoms with Gasteiger partial charge in [-0.05, 0) is 29.1 Å². The fraction of sp³-hybridized carbons (Fsp3) is 0.667. The molecule has 1 rings (SSSR count). The van der Waals surface area contributed by atoms with Crippen LogP contribution >= 0.6 is 0 Å². The Morgan fingerprint density at radius 1 is 0.905 bits per heavy atom. The SMILES string of the molecule is Cc1ccc([C@H](O)CO[Si](C(C)C)(C(C)C)C(C)C)cc1. The van der Waals surface area contributed by atoms with Gasteiger partial charge in [-0.1, -0.05) is 71.4 Å². The molecule has 120 valence electrons. The minimum Gasteiger partial charge on any atom is -0.413 e. The average Bonchev–Trinajstić information content (AvgIpc) is 2.38. The number of benzene rings is 1. The Morgan fingerprint density at radius 2 is 1.33 bits per heavy atom. The highest BCUT2D eigenvalue weighted by atomic mass is 28.4. The van der Waals surface area contributed by atoms with Gasteiger partial charge >= 0.3 is 0 Å². The Hall–Kier alpha value is -0.643. The summed E-state index contributed by atoms with van der Waals surface area (Å²) in [6.07, 6.45) is -0.534. The van der Waals surface area contributed by atoms with Gasteiger partial charge in [0.1, 0.15) is 6.10 Å². The molecular formula is C18H32O2Si. The van der Waals surface area contributed by atoms with Crippen molar-refractivity contribution in [2.75, 3.05) is 6.61 Å². The van der Waals surface area contributed by atoms with Gasteiger partial charge in [-0.3, -0.25) is 0 Å². The predicted octanol–water partition coefficient (Wildman–Crippen LogP) is 5.22. The summed E-state index contributed by atoms with van der Waals surface area (Å²) >= 11 is 0. The van der Waals surface area contributed by atoms with Crippen LogP contribution in [0, 0.1) is 6.92 Å². The maximum absolute atomic E-state index is 10.4. The van der Waals surface area contributed by atoms with Crippen molar-refractivity contribution in [3.8, 4) is 0 Å². The van der Waals surface area contributed by atoms with Crippen molar-refractivity contribution in [3.63, 3.8) is 0 Å². The van der Waals surface area contributed by atoms with Crippen molar-refractivity contribution in [1.82, 2.24) is 0 Å². The number of rotatable bonds is 7. The minimum absolute atomic E-state index is 0.407. The zero-order chi connectivity index (χ0) is 16.2. The van der Waals surface area contributed by atoms with E-state index < -0.39 is 14.4 Å². The van der Waals surface area contributed by atoms with E-state index in [9.17, 15) is 5.11 Å². The molecule has 0 spiro atoms. The molecule has 2 nitrogen and oxygen atoms in total. The van der Waals surface area contributed by atoms with Crippen LogP contribution < -0.4 is 0 Å². The molecular weight excluding hydrogens is 276 g/mol. The summed E-state index contributed by atoms with van der Waals surface area (Å²) in [6.45, 7) is 16.1. The van der Waals surface area contributed by atoms with Crippen LogP contribution in [0.5, 0.6) is 0 Å². The molecule has 1 atom stereocenters. The van der Waals surface area contributed by atoms with Crippen molar-refractivity contribution in [2.24, 2.45) is 0 Å². The summed E-state index contributed by atoms with van der Waals surface area (Å²) in [7, 11) is -1.89. The molecule has 0 aliphatic rings. The molecule has 0 amide bonds. The molecule has 0 aliphatic heterocycles. The Morgan fingerprint density at radius 3 is 1.71 bits per heavy atom. The molecule has 21 heavy (non-hydrogen) atoms. The largest absolute Gasteiger partial charge is 0.413 e. The van der Waals surface area contributed by atoms with Crippen LogP contribution in [0.3, 0.4) is 0 Å². The second kappa shape index (κ2) is 7.57. The van der Waals surface area contributed by atoms with Crippen LogP contribution in [-0.4, -0.2) is 20.0 Å². The standard InChI is InChI=1S/C18H32O2Si/c1-13(2)21(14(3)4,15(5)6)20-12-18(19)17-10-8-16(7)9-11-17/h8-11,13-15,18-19H,12H2,1-7H3/t18-/m1/s1. The zero-order valence-electron chi connectivity index (χ0n) is 14.7. The molecule has 3 heteroatoms. The highest BCUT2D eigenvalue weighted by Gasteiger charge is 2.45. The van der Waals surface area contributed by atoms with E-state index in [0.29, 0.717) is 23.2 Å². The quantitative estimate of drug-likeness (QED) is 0.700. The van der Waals surface area contributed by atoms with Crippen molar-refractivity contribution >= 4 is 8.32 Å². The van der Waals surface area contributed by atoms with Crippen LogP contribution in [0.1, 0.15) is 58.8 Å². The summed E-state index contributed by atoms with van der Waals surface area (Å²) < 4.78 is 6.45. The van der Waals surface area contributed by atoms with Gasteiger partial charge in [-0.25, -0.2) is 0 Å². The highest BCUT2D eigenvalue weighted by Crippen LogP contribution is 2.42. The second-order valence-corrected chi connectivity index (χ2v) is 12.5. The highest BCUT2D eigenvalue weighted by molar-refractivity contribution is 6.77. The number of hydrogen-bond donors (Lipinski definition) is 1. The number of aliphatic hydroxyl groups excluding tert-OH is 1. The molecule has 0 aromatic heterocycles. The Bertz CT molecular complexity index is 402. The maximum Gasteiger partial charge on any atom is 0.200 e. The lowest BCUT2D eigenvalue weighted by Gasteiger charge is -2.42. The lowest BCUT2D eigenvalue weighted by atomic mass is 10.1. The van der Waals surface area contributed by atoms with Gasteiger partial charge in [0, 0.05) is 0 Å². The first kappa shape index (κ1) is 18.4. The van der Waals surface area contributed by atoms with Crippen LogP contribution in [0.4, 0.5) is 0 Å². The fourth-order valence-electron chi connectivity index (χ4n) is 3.61. The molecule has 0 bridgehead atoms. The van der Waals surface area contributed by atoms with Crippen LogP contribution in [0.25, 0.3) is 0 Å². The average molecular weight is 309 g/mol. The molecule has 1 N–H and O–H groups in total. The normalized spacial score (nSPS) is 14.2. The van der Waals surface area contributed by atoms with Gasteiger partial charge in [0.2, 0.25) is 0 Å². The molecule has 0 saturated heterocycles. The topological polar surface area (TPSA) is 29.5 Å².